The molecule has 142 valence electrons. The highest BCUT2D eigenvalue weighted by molar-refractivity contribution is 5.99. The van der Waals surface area contributed by atoms with Crippen molar-refractivity contribution in [3.63, 3.8) is 0 Å². The largest absolute Gasteiger partial charge is 0.342 e. The second-order valence-corrected chi connectivity index (χ2v) is 8.41. The van der Waals surface area contributed by atoms with Crippen molar-refractivity contribution in [1.82, 2.24) is 9.88 Å². The fourth-order valence-corrected chi connectivity index (χ4v) is 4.35. The van der Waals surface area contributed by atoms with E-state index in [1.165, 1.54) is 10.9 Å². The van der Waals surface area contributed by atoms with E-state index in [0.717, 1.165) is 43.4 Å². The Labute approximate surface area is 160 Å². The second kappa shape index (κ2) is 7.04. The van der Waals surface area contributed by atoms with Gasteiger partial charge in [-0.05, 0) is 36.8 Å². The van der Waals surface area contributed by atoms with Crippen molar-refractivity contribution in [2.75, 3.05) is 20.1 Å². The molecule has 2 fully saturated rings. The summed E-state index contributed by atoms with van der Waals surface area (Å²) in [7, 11) is 1.78. The van der Waals surface area contributed by atoms with E-state index >= 15 is 0 Å². The molecule has 0 unspecified atom stereocenters. The zero-order valence-electron chi connectivity index (χ0n) is 16.2. The third kappa shape index (κ3) is 3.74. The van der Waals surface area contributed by atoms with Crippen molar-refractivity contribution in [2.45, 2.75) is 44.1 Å². The van der Waals surface area contributed by atoms with Gasteiger partial charge in [-0.2, -0.15) is 0 Å². The Bertz CT molecular complexity index is 887. The maximum absolute atomic E-state index is 12.8. The van der Waals surface area contributed by atoms with Gasteiger partial charge in [-0.1, -0.05) is 25.1 Å². The maximum Gasteiger partial charge on any atom is 0.224 e. The first-order valence-corrected chi connectivity index (χ1v) is 9.85. The number of aliphatic imine (C=N–C) groups is 1. The number of piperidine rings is 1. The smallest absolute Gasteiger partial charge is 0.224 e. The zero-order valence-corrected chi connectivity index (χ0v) is 16.2. The lowest BCUT2D eigenvalue weighted by Gasteiger charge is -2.37. The van der Waals surface area contributed by atoms with Gasteiger partial charge in [-0.3, -0.25) is 14.8 Å². The van der Waals surface area contributed by atoms with E-state index in [2.05, 4.69) is 35.1 Å². The predicted octanol–water partition coefficient (Wildman–Crippen LogP) is 3.12. The van der Waals surface area contributed by atoms with Crippen LogP contribution in [0.25, 0.3) is 10.9 Å². The van der Waals surface area contributed by atoms with E-state index in [1.807, 2.05) is 23.4 Å². The van der Waals surface area contributed by atoms with E-state index in [-0.39, 0.29) is 11.4 Å². The van der Waals surface area contributed by atoms with Crippen LogP contribution in [0.1, 0.15) is 49.7 Å². The molecule has 27 heavy (non-hydrogen) atoms. The van der Waals surface area contributed by atoms with Crippen LogP contribution in [0, 0.1) is 5.92 Å². The van der Waals surface area contributed by atoms with Gasteiger partial charge in [0.05, 0.1) is 5.52 Å². The van der Waals surface area contributed by atoms with E-state index in [0.29, 0.717) is 18.3 Å². The van der Waals surface area contributed by atoms with Crippen LogP contribution in [0.5, 0.6) is 0 Å². The molecule has 2 N–H and O–H groups in total. The van der Waals surface area contributed by atoms with Crippen LogP contribution in [0.2, 0.25) is 0 Å². The van der Waals surface area contributed by atoms with Crippen molar-refractivity contribution in [2.24, 2.45) is 16.6 Å². The van der Waals surface area contributed by atoms with E-state index in [1.54, 1.807) is 7.05 Å². The SMILES string of the molecule is C/N=C/c1ccc([C@H]2C[C@H](C)CN(C(=O)CC3(N)CC3)C2)c2cccnc12. The lowest BCUT2D eigenvalue weighted by molar-refractivity contribution is -0.133. The number of nitrogens with two attached hydrogens (primary N) is 1. The minimum Gasteiger partial charge on any atom is -0.342 e. The summed E-state index contributed by atoms with van der Waals surface area (Å²) in [6, 6.07) is 8.41. The molecule has 1 aliphatic carbocycles. The quantitative estimate of drug-likeness (QED) is 0.847. The Hall–Kier alpha value is -2.27. The summed E-state index contributed by atoms with van der Waals surface area (Å²) in [6.07, 6.45) is 7.21. The summed E-state index contributed by atoms with van der Waals surface area (Å²) in [6.45, 7) is 3.84. The van der Waals surface area contributed by atoms with Crippen LogP contribution in [0.15, 0.2) is 35.5 Å². The number of hydrogen-bond donors (Lipinski definition) is 1. The molecular formula is C22H28N4O. The molecule has 1 saturated heterocycles. The lowest BCUT2D eigenvalue weighted by atomic mass is 9.83. The predicted molar refractivity (Wildman–Crippen MR) is 109 cm³/mol. The van der Waals surface area contributed by atoms with Gasteiger partial charge in [0.15, 0.2) is 0 Å². The highest BCUT2D eigenvalue weighted by Crippen LogP contribution is 2.38. The number of pyridine rings is 1. The second-order valence-electron chi connectivity index (χ2n) is 8.41. The standard InChI is InChI=1S/C22H28N4O/c1-15-10-17(14-26(13-15)20(27)11-22(23)7-8-22)18-6-5-16(12-24-2)21-19(18)4-3-9-25-21/h3-6,9,12,15,17H,7-8,10-11,13-14,23H2,1-2H3/b24-12+/t15-,17-/m0/s1. The van der Waals surface area contributed by atoms with Crippen molar-refractivity contribution >= 4 is 23.0 Å². The Morgan fingerprint density at radius 1 is 1.37 bits per heavy atom. The number of hydrogen-bond acceptors (Lipinski definition) is 4. The van der Waals surface area contributed by atoms with E-state index in [4.69, 9.17) is 5.73 Å². The zero-order chi connectivity index (χ0) is 19.0. The van der Waals surface area contributed by atoms with Gasteiger partial charge in [0.25, 0.3) is 0 Å². The van der Waals surface area contributed by atoms with Crippen LogP contribution < -0.4 is 5.73 Å². The van der Waals surface area contributed by atoms with Gasteiger partial charge in [0.2, 0.25) is 5.91 Å². The molecule has 0 radical (unpaired) electrons. The van der Waals surface area contributed by atoms with Crippen LogP contribution >= 0.6 is 0 Å². The summed E-state index contributed by atoms with van der Waals surface area (Å²) < 4.78 is 0. The van der Waals surface area contributed by atoms with E-state index in [9.17, 15) is 4.79 Å². The fraction of sp³-hybridized carbons (Fsp3) is 0.500. The molecule has 1 amide bonds. The van der Waals surface area contributed by atoms with Gasteiger partial charge < -0.3 is 10.6 Å². The van der Waals surface area contributed by atoms with Crippen LogP contribution in [0.3, 0.4) is 0 Å². The molecule has 1 aliphatic heterocycles. The molecule has 2 aliphatic rings. The molecule has 1 saturated carbocycles. The Kier molecular flexibility index (Phi) is 4.72. The molecule has 0 spiro atoms. The van der Waals surface area contributed by atoms with Crippen molar-refractivity contribution < 1.29 is 4.79 Å². The first-order chi connectivity index (χ1) is 13.0. The average molecular weight is 364 g/mol. The summed E-state index contributed by atoms with van der Waals surface area (Å²) in [5, 5.41) is 1.17. The first kappa shape index (κ1) is 18.1. The van der Waals surface area contributed by atoms with Gasteiger partial charge in [-0.25, -0.2) is 0 Å². The molecule has 1 aromatic carbocycles. The maximum atomic E-state index is 12.8. The molecule has 2 heterocycles. The van der Waals surface area contributed by atoms with E-state index < -0.39 is 0 Å². The van der Waals surface area contributed by atoms with Crippen LogP contribution in [-0.4, -0.2) is 47.7 Å². The number of rotatable bonds is 4. The number of carbonyl (C=O) groups excluding carboxylic acids is 1. The third-order valence-electron chi connectivity index (χ3n) is 5.95. The molecule has 0 bridgehead atoms. The van der Waals surface area contributed by atoms with Crippen molar-refractivity contribution in [1.29, 1.82) is 0 Å². The summed E-state index contributed by atoms with van der Waals surface area (Å²) >= 11 is 0. The normalized spacial score (nSPS) is 24.5. The topological polar surface area (TPSA) is 71.6 Å². The number of nitrogens with zero attached hydrogens (tertiary/aromatic N) is 3. The molecule has 1 aromatic heterocycles. The van der Waals surface area contributed by atoms with Gasteiger partial charge in [-0.15, -0.1) is 0 Å². The monoisotopic (exact) mass is 364 g/mol. The first-order valence-electron chi connectivity index (χ1n) is 9.85. The highest BCUT2D eigenvalue weighted by Gasteiger charge is 2.42. The Balaban J connectivity index is 1.64. The number of amides is 1. The van der Waals surface area contributed by atoms with Crippen molar-refractivity contribution in [3.8, 4) is 0 Å². The molecule has 4 rings (SSSR count). The van der Waals surface area contributed by atoms with Crippen LogP contribution in [0.4, 0.5) is 0 Å². The number of fused-ring (bicyclic) bond motifs is 1. The Morgan fingerprint density at radius 2 is 2.19 bits per heavy atom. The highest BCUT2D eigenvalue weighted by atomic mass is 16.2. The number of benzene rings is 1. The van der Waals surface area contributed by atoms with Crippen LogP contribution in [-0.2, 0) is 4.79 Å². The lowest BCUT2D eigenvalue weighted by Crippen LogP contribution is -2.44. The summed E-state index contributed by atoms with van der Waals surface area (Å²) in [4.78, 5) is 23.6. The van der Waals surface area contributed by atoms with Gasteiger partial charge in [0, 0.05) is 61.4 Å². The fourth-order valence-electron chi connectivity index (χ4n) is 4.35. The molecule has 2 aromatic rings. The average Bonchev–Trinajstić information content (AvgIpc) is 3.38. The van der Waals surface area contributed by atoms with Gasteiger partial charge in [0.1, 0.15) is 0 Å². The van der Waals surface area contributed by atoms with Crippen molar-refractivity contribution in [3.05, 3.63) is 41.6 Å². The minimum atomic E-state index is -0.231. The number of carbonyl (C=O) groups is 1. The molecule has 2 atom stereocenters. The third-order valence-corrected chi connectivity index (χ3v) is 5.95. The molecule has 5 nitrogen and oxygen atoms in total. The summed E-state index contributed by atoms with van der Waals surface area (Å²) in [5.41, 5.74) is 9.25. The number of likely N-dealkylation sites (tertiary alicyclic amines) is 1. The molecular weight excluding hydrogens is 336 g/mol. The Morgan fingerprint density at radius 3 is 2.93 bits per heavy atom. The number of aromatic nitrogens is 1. The molecule has 5 heteroatoms. The minimum absolute atomic E-state index is 0.212. The summed E-state index contributed by atoms with van der Waals surface area (Å²) in [5.74, 6) is 1.01. The van der Waals surface area contributed by atoms with Gasteiger partial charge >= 0.3 is 0 Å².